The maximum absolute atomic E-state index is 6.05. The second-order valence-electron chi connectivity index (χ2n) is 4.58. The number of aryl methyl sites for hydroxylation is 2. The number of aliphatic imine (C=N–C) groups is 1. The second kappa shape index (κ2) is 6.49. The number of ether oxygens (including phenoxy) is 1. The summed E-state index contributed by atoms with van der Waals surface area (Å²) in [5, 5.41) is 7.76. The zero-order valence-electron chi connectivity index (χ0n) is 12.2. The van der Waals surface area contributed by atoms with Gasteiger partial charge >= 0.3 is 0 Å². The Morgan fingerprint density at radius 1 is 1.48 bits per heavy atom. The van der Waals surface area contributed by atoms with Crippen molar-refractivity contribution in [3.8, 4) is 5.75 Å². The van der Waals surface area contributed by atoms with Crippen LogP contribution in [0.5, 0.6) is 5.75 Å². The summed E-state index contributed by atoms with van der Waals surface area (Å²) in [6, 6.07) is 7.29. The Balaban J connectivity index is 2.03. The molecule has 0 atom stereocenters. The molecule has 0 fully saturated rings. The normalized spacial score (nSPS) is 11.5. The van der Waals surface area contributed by atoms with Crippen LogP contribution in [0.4, 0.5) is 5.69 Å². The first-order valence-electron chi connectivity index (χ1n) is 6.39. The topological polar surface area (TPSA) is 77.5 Å². The first-order valence-corrected chi connectivity index (χ1v) is 6.77. The number of nitrogens with two attached hydrogens (primary N) is 1. The molecule has 112 valence electrons. The predicted molar refractivity (Wildman–Crippen MR) is 84.9 cm³/mol. The van der Waals surface area contributed by atoms with Crippen LogP contribution in [0.3, 0.4) is 0 Å². The monoisotopic (exact) mass is 307 g/mol. The lowest BCUT2D eigenvalue weighted by atomic mass is 10.3. The van der Waals surface area contributed by atoms with Crippen molar-refractivity contribution in [3.05, 3.63) is 40.7 Å². The molecule has 21 heavy (non-hydrogen) atoms. The molecule has 0 aliphatic heterocycles. The van der Waals surface area contributed by atoms with Crippen molar-refractivity contribution in [2.75, 3.05) is 12.4 Å². The standard InChI is InChI=1S/C14H18ClN5O/c1-9-6-11(20(2)19-9)8-17-14(16)18-10-4-5-13(21-3)12(15)7-10/h4-7H,8H2,1-3H3,(H3,16,17,18). The Kier molecular flexibility index (Phi) is 4.70. The number of benzene rings is 1. The van der Waals surface area contributed by atoms with Crippen LogP contribution in [0.25, 0.3) is 0 Å². The highest BCUT2D eigenvalue weighted by Crippen LogP contribution is 2.27. The zero-order valence-corrected chi connectivity index (χ0v) is 13.0. The van der Waals surface area contributed by atoms with E-state index in [1.807, 2.05) is 26.1 Å². The fraction of sp³-hybridized carbons (Fsp3) is 0.286. The van der Waals surface area contributed by atoms with Gasteiger partial charge in [0.25, 0.3) is 0 Å². The van der Waals surface area contributed by atoms with Gasteiger partial charge in [-0.1, -0.05) is 11.6 Å². The maximum Gasteiger partial charge on any atom is 0.193 e. The van der Waals surface area contributed by atoms with Gasteiger partial charge in [0, 0.05) is 12.7 Å². The molecule has 1 aromatic carbocycles. The van der Waals surface area contributed by atoms with E-state index in [1.165, 1.54) is 0 Å². The molecular formula is C14H18ClN5O. The molecule has 0 aliphatic carbocycles. The fourth-order valence-electron chi connectivity index (χ4n) is 1.91. The Hall–Kier alpha value is -2.21. The number of nitrogens with zero attached hydrogens (tertiary/aromatic N) is 3. The number of hydrogen-bond acceptors (Lipinski definition) is 3. The van der Waals surface area contributed by atoms with E-state index in [-0.39, 0.29) is 0 Å². The number of rotatable bonds is 4. The Morgan fingerprint density at radius 3 is 2.81 bits per heavy atom. The average molecular weight is 308 g/mol. The van der Waals surface area contributed by atoms with Crippen LogP contribution < -0.4 is 15.8 Å². The van der Waals surface area contributed by atoms with Crippen LogP contribution in [0.15, 0.2) is 29.3 Å². The Labute approximate surface area is 128 Å². The summed E-state index contributed by atoms with van der Waals surface area (Å²) in [4.78, 5) is 4.28. The van der Waals surface area contributed by atoms with Crippen LogP contribution in [-0.2, 0) is 13.6 Å². The SMILES string of the molecule is COc1ccc(NC(N)=NCc2cc(C)nn2C)cc1Cl. The molecule has 0 amide bonds. The number of nitrogens with one attached hydrogen (secondary N) is 1. The van der Waals surface area contributed by atoms with Crippen molar-refractivity contribution in [2.24, 2.45) is 17.8 Å². The van der Waals surface area contributed by atoms with Gasteiger partial charge in [-0.2, -0.15) is 5.10 Å². The number of anilines is 1. The first kappa shape index (κ1) is 15.2. The Morgan fingerprint density at radius 2 is 2.24 bits per heavy atom. The van der Waals surface area contributed by atoms with E-state index < -0.39 is 0 Å². The van der Waals surface area contributed by atoms with Crippen LogP contribution in [0, 0.1) is 6.92 Å². The van der Waals surface area contributed by atoms with Crippen LogP contribution in [-0.4, -0.2) is 22.8 Å². The molecule has 7 heteroatoms. The minimum atomic E-state index is 0.315. The van der Waals surface area contributed by atoms with E-state index in [0.29, 0.717) is 23.3 Å². The third-order valence-electron chi connectivity index (χ3n) is 2.93. The van der Waals surface area contributed by atoms with Gasteiger partial charge in [0.1, 0.15) is 5.75 Å². The number of hydrogen-bond donors (Lipinski definition) is 2. The molecule has 1 heterocycles. The van der Waals surface area contributed by atoms with Gasteiger partial charge in [-0.25, -0.2) is 4.99 Å². The average Bonchev–Trinajstić information content (AvgIpc) is 2.75. The molecule has 0 saturated carbocycles. The van der Waals surface area contributed by atoms with Gasteiger partial charge in [0.05, 0.1) is 30.1 Å². The van der Waals surface area contributed by atoms with E-state index >= 15 is 0 Å². The lowest BCUT2D eigenvalue weighted by Crippen LogP contribution is -2.22. The molecule has 2 aromatic rings. The van der Waals surface area contributed by atoms with Crippen molar-refractivity contribution in [3.63, 3.8) is 0 Å². The van der Waals surface area contributed by atoms with E-state index in [4.69, 9.17) is 22.1 Å². The maximum atomic E-state index is 6.05. The van der Waals surface area contributed by atoms with Crippen molar-refractivity contribution in [1.82, 2.24) is 9.78 Å². The van der Waals surface area contributed by atoms with Crippen molar-refractivity contribution < 1.29 is 4.74 Å². The summed E-state index contributed by atoms with van der Waals surface area (Å²) in [7, 11) is 3.45. The minimum Gasteiger partial charge on any atom is -0.495 e. The van der Waals surface area contributed by atoms with Crippen molar-refractivity contribution in [1.29, 1.82) is 0 Å². The minimum absolute atomic E-state index is 0.315. The summed E-state index contributed by atoms with van der Waals surface area (Å²) in [6.07, 6.45) is 0. The van der Waals surface area contributed by atoms with Gasteiger partial charge in [0.15, 0.2) is 5.96 Å². The largest absolute Gasteiger partial charge is 0.495 e. The van der Waals surface area contributed by atoms with Gasteiger partial charge in [-0.3, -0.25) is 4.68 Å². The van der Waals surface area contributed by atoms with Crippen LogP contribution in [0.2, 0.25) is 5.02 Å². The van der Waals surface area contributed by atoms with Crippen molar-refractivity contribution in [2.45, 2.75) is 13.5 Å². The molecule has 0 spiro atoms. The second-order valence-corrected chi connectivity index (χ2v) is 4.98. The first-order chi connectivity index (χ1) is 9.99. The van der Waals surface area contributed by atoms with Gasteiger partial charge in [-0.15, -0.1) is 0 Å². The van der Waals surface area contributed by atoms with E-state index in [2.05, 4.69) is 15.4 Å². The third-order valence-corrected chi connectivity index (χ3v) is 3.23. The number of guanidine groups is 1. The molecule has 0 saturated heterocycles. The van der Waals surface area contributed by atoms with E-state index in [1.54, 1.807) is 23.9 Å². The van der Waals surface area contributed by atoms with Gasteiger partial charge < -0.3 is 15.8 Å². The summed E-state index contributed by atoms with van der Waals surface area (Å²) in [5.74, 6) is 0.929. The summed E-state index contributed by atoms with van der Waals surface area (Å²) in [6.45, 7) is 2.40. The molecule has 0 aliphatic rings. The van der Waals surface area contributed by atoms with Crippen molar-refractivity contribution >= 4 is 23.2 Å². The molecule has 0 unspecified atom stereocenters. The highest BCUT2D eigenvalue weighted by Gasteiger charge is 2.04. The summed E-state index contributed by atoms with van der Waals surface area (Å²) < 4.78 is 6.88. The molecule has 3 N–H and O–H groups in total. The molecule has 0 radical (unpaired) electrons. The zero-order chi connectivity index (χ0) is 15.4. The lowest BCUT2D eigenvalue weighted by Gasteiger charge is -2.08. The molecular weight excluding hydrogens is 290 g/mol. The molecule has 1 aromatic heterocycles. The quantitative estimate of drug-likeness (QED) is 0.671. The predicted octanol–water partition coefficient (Wildman–Crippen LogP) is 2.32. The van der Waals surface area contributed by atoms with Gasteiger partial charge in [-0.05, 0) is 31.2 Å². The number of halogens is 1. The lowest BCUT2D eigenvalue weighted by molar-refractivity contribution is 0.415. The molecule has 0 bridgehead atoms. The summed E-state index contributed by atoms with van der Waals surface area (Å²) in [5.41, 5.74) is 8.56. The highest BCUT2D eigenvalue weighted by molar-refractivity contribution is 6.32. The fourth-order valence-corrected chi connectivity index (χ4v) is 2.17. The summed E-state index contributed by atoms with van der Waals surface area (Å²) >= 11 is 6.05. The van der Waals surface area contributed by atoms with E-state index in [9.17, 15) is 0 Å². The Bertz CT molecular complexity index is 665. The molecule has 6 nitrogen and oxygen atoms in total. The van der Waals surface area contributed by atoms with E-state index in [0.717, 1.165) is 17.1 Å². The number of methoxy groups -OCH3 is 1. The van der Waals surface area contributed by atoms with Crippen LogP contribution >= 0.6 is 11.6 Å². The third kappa shape index (κ3) is 3.88. The van der Waals surface area contributed by atoms with Crippen LogP contribution in [0.1, 0.15) is 11.4 Å². The van der Waals surface area contributed by atoms with Gasteiger partial charge in [0.2, 0.25) is 0 Å². The molecule has 2 rings (SSSR count). The highest BCUT2D eigenvalue weighted by atomic mass is 35.5. The smallest absolute Gasteiger partial charge is 0.193 e. The number of aromatic nitrogens is 2.